The highest BCUT2D eigenvalue weighted by atomic mass is 32.2. The standard InChI is InChI=1S/C10H12N4OS/c1-2-10-13-9(14-15-10)6-16-7-3-4-8(11)12-5-7/h3-5H,2,6H2,1H3,(H2,11,12). The van der Waals surface area contributed by atoms with E-state index in [0.29, 0.717) is 23.3 Å². The first kappa shape index (κ1) is 10.9. The molecule has 0 atom stereocenters. The summed E-state index contributed by atoms with van der Waals surface area (Å²) in [6.45, 7) is 1.98. The zero-order valence-electron chi connectivity index (χ0n) is 8.88. The summed E-state index contributed by atoms with van der Waals surface area (Å²) in [5.41, 5.74) is 5.50. The van der Waals surface area contributed by atoms with E-state index in [0.717, 1.165) is 11.3 Å². The fraction of sp³-hybridized carbons (Fsp3) is 0.300. The number of anilines is 1. The number of thioether (sulfide) groups is 1. The Kier molecular flexibility index (Phi) is 3.40. The molecule has 2 aromatic rings. The van der Waals surface area contributed by atoms with E-state index in [4.69, 9.17) is 10.3 Å². The smallest absolute Gasteiger partial charge is 0.226 e. The van der Waals surface area contributed by atoms with Crippen molar-refractivity contribution in [2.75, 3.05) is 5.73 Å². The molecular formula is C10H12N4OS. The lowest BCUT2D eigenvalue weighted by Crippen LogP contribution is -1.89. The van der Waals surface area contributed by atoms with Gasteiger partial charge in [0.15, 0.2) is 5.82 Å². The van der Waals surface area contributed by atoms with E-state index in [-0.39, 0.29) is 0 Å². The Balaban J connectivity index is 1.94. The van der Waals surface area contributed by atoms with Crippen LogP contribution in [0.3, 0.4) is 0 Å². The Labute approximate surface area is 97.5 Å². The number of nitrogen functional groups attached to an aromatic ring is 1. The van der Waals surface area contributed by atoms with Crippen LogP contribution in [0, 0.1) is 0 Å². The predicted molar refractivity (Wildman–Crippen MR) is 61.9 cm³/mol. The molecule has 2 aromatic heterocycles. The highest BCUT2D eigenvalue weighted by Crippen LogP contribution is 2.21. The monoisotopic (exact) mass is 236 g/mol. The SMILES string of the molecule is CCc1nc(CSc2ccc(N)nc2)no1. The molecule has 0 aliphatic heterocycles. The van der Waals surface area contributed by atoms with Gasteiger partial charge in [-0.15, -0.1) is 11.8 Å². The van der Waals surface area contributed by atoms with Crippen LogP contribution in [0.4, 0.5) is 5.82 Å². The summed E-state index contributed by atoms with van der Waals surface area (Å²) < 4.78 is 5.01. The molecule has 0 saturated carbocycles. The van der Waals surface area contributed by atoms with Crippen molar-refractivity contribution in [3.05, 3.63) is 30.0 Å². The number of nitrogens with two attached hydrogens (primary N) is 1. The van der Waals surface area contributed by atoms with Gasteiger partial charge < -0.3 is 10.3 Å². The van der Waals surface area contributed by atoms with Crippen LogP contribution in [-0.2, 0) is 12.2 Å². The van der Waals surface area contributed by atoms with Gasteiger partial charge in [0.05, 0.1) is 5.75 Å². The normalized spacial score (nSPS) is 10.6. The van der Waals surface area contributed by atoms with E-state index in [1.807, 2.05) is 13.0 Å². The Morgan fingerprint density at radius 2 is 2.31 bits per heavy atom. The van der Waals surface area contributed by atoms with Crippen molar-refractivity contribution in [3.8, 4) is 0 Å². The lowest BCUT2D eigenvalue weighted by molar-refractivity contribution is 0.378. The number of nitrogens with zero attached hydrogens (tertiary/aromatic N) is 3. The molecule has 0 unspecified atom stereocenters. The van der Waals surface area contributed by atoms with Crippen LogP contribution in [0.5, 0.6) is 0 Å². The summed E-state index contributed by atoms with van der Waals surface area (Å²) in [6, 6.07) is 3.70. The highest BCUT2D eigenvalue weighted by Gasteiger charge is 2.04. The van der Waals surface area contributed by atoms with Gasteiger partial charge in [0.25, 0.3) is 0 Å². The molecule has 0 fully saturated rings. The second-order valence-corrected chi connectivity index (χ2v) is 4.21. The average Bonchev–Trinajstić information content (AvgIpc) is 2.76. The first-order chi connectivity index (χ1) is 7.78. The lowest BCUT2D eigenvalue weighted by Gasteiger charge is -1.97. The van der Waals surface area contributed by atoms with Crippen molar-refractivity contribution < 1.29 is 4.52 Å². The van der Waals surface area contributed by atoms with Crippen LogP contribution >= 0.6 is 11.8 Å². The summed E-state index contributed by atoms with van der Waals surface area (Å²) in [7, 11) is 0. The summed E-state index contributed by atoms with van der Waals surface area (Å²) in [4.78, 5) is 9.26. The topological polar surface area (TPSA) is 77.8 Å². The van der Waals surface area contributed by atoms with Crippen molar-refractivity contribution in [1.82, 2.24) is 15.1 Å². The zero-order chi connectivity index (χ0) is 11.4. The van der Waals surface area contributed by atoms with Crippen molar-refractivity contribution in [2.24, 2.45) is 0 Å². The summed E-state index contributed by atoms with van der Waals surface area (Å²) in [5.74, 6) is 2.58. The van der Waals surface area contributed by atoms with Gasteiger partial charge in [-0.1, -0.05) is 12.1 Å². The second kappa shape index (κ2) is 4.98. The third-order valence-electron chi connectivity index (χ3n) is 1.94. The Morgan fingerprint density at radius 1 is 1.44 bits per heavy atom. The molecule has 0 spiro atoms. The number of aromatic nitrogens is 3. The lowest BCUT2D eigenvalue weighted by atomic mass is 10.5. The molecule has 0 aromatic carbocycles. The van der Waals surface area contributed by atoms with Crippen LogP contribution in [0.15, 0.2) is 27.7 Å². The quantitative estimate of drug-likeness (QED) is 0.817. The van der Waals surface area contributed by atoms with Crippen molar-refractivity contribution in [1.29, 1.82) is 0 Å². The molecule has 2 heterocycles. The molecule has 2 N–H and O–H groups in total. The van der Waals surface area contributed by atoms with Crippen LogP contribution in [0.2, 0.25) is 0 Å². The van der Waals surface area contributed by atoms with Gasteiger partial charge in [0.2, 0.25) is 5.89 Å². The molecule has 16 heavy (non-hydrogen) atoms. The van der Waals surface area contributed by atoms with Crippen molar-refractivity contribution in [2.45, 2.75) is 24.0 Å². The van der Waals surface area contributed by atoms with Gasteiger partial charge >= 0.3 is 0 Å². The molecular weight excluding hydrogens is 224 g/mol. The van der Waals surface area contributed by atoms with Crippen LogP contribution < -0.4 is 5.73 Å². The first-order valence-electron chi connectivity index (χ1n) is 4.93. The largest absolute Gasteiger partial charge is 0.384 e. The van der Waals surface area contributed by atoms with Gasteiger partial charge in [-0.05, 0) is 12.1 Å². The van der Waals surface area contributed by atoms with E-state index in [2.05, 4.69) is 15.1 Å². The fourth-order valence-electron chi connectivity index (χ4n) is 1.12. The van der Waals surface area contributed by atoms with E-state index >= 15 is 0 Å². The molecule has 0 saturated heterocycles. The summed E-state index contributed by atoms with van der Waals surface area (Å²) in [5, 5.41) is 3.87. The Bertz CT molecular complexity index is 454. The van der Waals surface area contributed by atoms with E-state index < -0.39 is 0 Å². The molecule has 0 bridgehead atoms. The molecule has 2 rings (SSSR count). The van der Waals surface area contributed by atoms with E-state index in [1.54, 1.807) is 24.0 Å². The molecule has 0 amide bonds. The zero-order valence-corrected chi connectivity index (χ0v) is 9.70. The van der Waals surface area contributed by atoms with Gasteiger partial charge in [0.1, 0.15) is 5.82 Å². The maximum Gasteiger partial charge on any atom is 0.226 e. The number of rotatable bonds is 4. The maximum atomic E-state index is 5.50. The average molecular weight is 236 g/mol. The minimum absolute atomic E-state index is 0.525. The van der Waals surface area contributed by atoms with Crippen LogP contribution in [0.25, 0.3) is 0 Å². The third kappa shape index (κ3) is 2.73. The fourth-order valence-corrected chi connectivity index (χ4v) is 1.82. The second-order valence-electron chi connectivity index (χ2n) is 3.17. The maximum absolute atomic E-state index is 5.50. The highest BCUT2D eigenvalue weighted by molar-refractivity contribution is 7.98. The first-order valence-corrected chi connectivity index (χ1v) is 5.92. The number of hydrogen-bond acceptors (Lipinski definition) is 6. The van der Waals surface area contributed by atoms with Gasteiger partial charge in [0, 0.05) is 17.5 Å². The molecule has 6 heteroatoms. The number of hydrogen-bond donors (Lipinski definition) is 1. The molecule has 84 valence electrons. The summed E-state index contributed by atoms with van der Waals surface area (Å²) >= 11 is 1.60. The van der Waals surface area contributed by atoms with Crippen molar-refractivity contribution in [3.63, 3.8) is 0 Å². The minimum atomic E-state index is 0.525. The Morgan fingerprint density at radius 3 is 2.94 bits per heavy atom. The number of aryl methyl sites for hydroxylation is 1. The third-order valence-corrected chi connectivity index (χ3v) is 2.92. The van der Waals surface area contributed by atoms with Crippen LogP contribution in [0.1, 0.15) is 18.6 Å². The summed E-state index contributed by atoms with van der Waals surface area (Å²) in [6.07, 6.45) is 2.50. The Hall–Kier alpha value is -1.56. The molecule has 0 aliphatic rings. The minimum Gasteiger partial charge on any atom is -0.384 e. The van der Waals surface area contributed by atoms with Gasteiger partial charge in [-0.2, -0.15) is 4.98 Å². The van der Waals surface area contributed by atoms with E-state index in [9.17, 15) is 0 Å². The molecule has 0 radical (unpaired) electrons. The molecule has 5 nitrogen and oxygen atoms in total. The van der Waals surface area contributed by atoms with Gasteiger partial charge in [-0.3, -0.25) is 0 Å². The number of pyridine rings is 1. The van der Waals surface area contributed by atoms with Crippen LogP contribution in [-0.4, -0.2) is 15.1 Å². The van der Waals surface area contributed by atoms with Crippen molar-refractivity contribution >= 4 is 17.6 Å². The van der Waals surface area contributed by atoms with Gasteiger partial charge in [-0.25, -0.2) is 4.98 Å². The molecule has 0 aliphatic carbocycles. The predicted octanol–water partition coefficient (Wildman–Crippen LogP) is 1.90. The van der Waals surface area contributed by atoms with E-state index in [1.165, 1.54) is 0 Å².